The average molecular weight is 364 g/mol. The smallest absolute Gasteiger partial charge is 0.387 e. The lowest BCUT2D eigenvalue weighted by Crippen LogP contribution is -2.17. The summed E-state index contributed by atoms with van der Waals surface area (Å²) in [6.07, 6.45) is 0. The number of esters is 1. The van der Waals surface area contributed by atoms with Gasteiger partial charge < -0.3 is 18.9 Å². The third kappa shape index (κ3) is 4.27. The van der Waals surface area contributed by atoms with Crippen molar-refractivity contribution in [1.29, 1.82) is 0 Å². The summed E-state index contributed by atoms with van der Waals surface area (Å²) in [6.45, 7) is -2.60. The molecule has 0 N–H and O–H groups in total. The van der Waals surface area contributed by atoms with E-state index in [1.54, 1.807) is 6.07 Å². The molecule has 8 heteroatoms. The first-order chi connectivity index (χ1) is 12.5. The highest BCUT2D eigenvalue weighted by atomic mass is 19.3. The molecule has 0 saturated heterocycles. The zero-order chi connectivity index (χ0) is 18.5. The SMILES string of the molecule is O=C(COC(=O)c1ccc2c(c1)OCCO2)c1ccc(OC(F)F)cc1. The van der Waals surface area contributed by atoms with Crippen LogP contribution in [0.3, 0.4) is 0 Å². The first-order valence-electron chi connectivity index (χ1n) is 7.68. The van der Waals surface area contributed by atoms with Gasteiger partial charge in [-0.15, -0.1) is 0 Å². The number of rotatable bonds is 6. The summed E-state index contributed by atoms with van der Waals surface area (Å²) in [5.41, 5.74) is 0.435. The zero-order valence-corrected chi connectivity index (χ0v) is 13.4. The molecular weight excluding hydrogens is 350 g/mol. The highest BCUT2D eigenvalue weighted by Crippen LogP contribution is 2.30. The van der Waals surface area contributed by atoms with Crippen LogP contribution in [0.15, 0.2) is 42.5 Å². The van der Waals surface area contributed by atoms with Gasteiger partial charge in [0.1, 0.15) is 19.0 Å². The molecule has 3 rings (SSSR count). The molecule has 2 aromatic carbocycles. The molecular formula is C18H14F2O6. The first-order valence-corrected chi connectivity index (χ1v) is 7.68. The molecule has 1 heterocycles. The summed E-state index contributed by atoms with van der Waals surface area (Å²) in [5, 5.41) is 0. The Kier molecular flexibility index (Phi) is 5.31. The van der Waals surface area contributed by atoms with Crippen molar-refractivity contribution in [3.8, 4) is 17.2 Å². The van der Waals surface area contributed by atoms with Crippen LogP contribution in [0, 0.1) is 0 Å². The Labute approximate surface area is 147 Å². The summed E-state index contributed by atoms with van der Waals surface area (Å²) in [4.78, 5) is 24.1. The molecule has 2 aromatic rings. The molecule has 0 radical (unpaired) electrons. The third-order valence-electron chi connectivity index (χ3n) is 3.51. The number of alkyl halides is 2. The number of benzene rings is 2. The van der Waals surface area contributed by atoms with E-state index in [0.717, 1.165) is 0 Å². The van der Waals surface area contributed by atoms with Crippen LogP contribution in [0.2, 0.25) is 0 Å². The fourth-order valence-corrected chi connectivity index (χ4v) is 2.29. The van der Waals surface area contributed by atoms with Crippen molar-refractivity contribution in [3.63, 3.8) is 0 Å². The second kappa shape index (κ2) is 7.81. The summed E-state index contributed by atoms with van der Waals surface area (Å²) in [6, 6.07) is 9.70. The predicted molar refractivity (Wildman–Crippen MR) is 85.1 cm³/mol. The lowest BCUT2D eigenvalue weighted by Gasteiger charge is -2.18. The van der Waals surface area contributed by atoms with Crippen molar-refractivity contribution in [1.82, 2.24) is 0 Å². The lowest BCUT2D eigenvalue weighted by atomic mass is 10.1. The number of hydrogen-bond donors (Lipinski definition) is 0. The molecule has 0 bridgehead atoms. The summed E-state index contributed by atoms with van der Waals surface area (Å²) < 4.78 is 44.1. The Morgan fingerprint density at radius 3 is 2.31 bits per heavy atom. The van der Waals surface area contributed by atoms with Gasteiger partial charge in [-0.25, -0.2) is 4.79 Å². The topological polar surface area (TPSA) is 71.1 Å². The lowest BCUT2D eigenvalue weighted by molar-refractivity contribution is -0.0498. The molecule has 136 valence electrons. The maximum atomic E-state index is 12.1. The molecule has 1 aliphatic rings. The van der Waals surface area contributed by atoms with Gasteiger partial charge in [0.15, 0.2) is 23.9 Å². The molecule has 0 spiro atoms. The van der Waals surface area contributed by atoms with Gasteiger partial charge in [0.05, 0.1) is 5.56 Å². The molecule has 0 atom stereocenters. The Morgan fingerprint density at radius 2 is 1.62 bits per heavy atom. The van der Waals surface area contributed by atoms with E-state index >= 15 is 0 Å². The number of Topliss-reactive ketones (excluding diaryl/α,β-unsaturated/α-hetero) is 1. The fraction of sp³-hybridized carbons (Fsp3) is 0.222. The monoisotopic (exact) mass is 364 g/mol. The van der Waals surface area contributed by atoms with Crippen molar-refractivity contribution in [2.24, 2.45) is 0 Å². The number of fused-ring (bicyclic) bond motifs is 1. The van der Waals surface area contributed by atoms with Crippen LogP contribution in [0.1, 0.15) is 20.7 Å². The van der Waals surface area contributed by atoms with Crippen LogP contribution < -0.4 is 14.2 Å². The van der Waals surface area contributed by atoms with Crippen molar-refractivity contribution < 1.29 is 37.3 Å². The van der Waals surface area contributed by atoms with Gasteiger partial charge in [0.25, 0.3) is 0 Å². The molecule has 6 nitrogen and oxygen atoms in total. The van der Waals surface area contributed by atoms with Crippen molar-refractivity contribution >= 4 is 11.8 Å². The van der Waals surface area contributed by atoms with Gasteiger partial charge in [-0.2, -0.15) is 8.78 Å². The molecule has 26 heavy (non-hydrogen) atoms. The number of hydrogen-bond acceptors (Lipinski definition) is 6. The van der Waals surface area contributed by atoms with Crippen LogP contribution in [0.5, 0.6) is 17.2 Å². The second-order valence-electron chi connectivity index (χ2n) is 5.26. The Morgan fingerprint density at radius 1 is 0.962 bits per heavy atom. The average Bonchev–Trinajstić information content (AvgIpc) is 2.65. The minimum atomic E-state index is -2.94. The van der Waals surface area contributed by atoms with Crippen LogP contribution in [0.4, 0.5) is 8.78 Å². The molecule has 0 amide bonds. The minimum absolute atomic E-state index is 0.0650. The van der Waals surface area contributed by atoms with Crippen LogP contribution in [-0.4, -0.2) is 38.2 Å². The number of carbonyl (C=O) groups excluding carboxylic acids is 2. The Balaban J connectivity index is 1.58. The van der Waals surface area contributed by atoms with Gasteiger partial charge in [-0.3, -0.25) is 4.79 Å². The minimum Gasteiger partial charge on any atom is -0.486 e. The van der Waals surface area contributed by atoms with Crippen LogP contribution >= 0.6 is 0 Å². The highest BCUT2D eigenvalue weighted by molar-refractivity contribution is 5.99. The molecule has 0 fully saturated rings. The van der Waals surface area contributed by atoms with Gasteiger partial charge in [-0.05, 0) is 42.5 Å². The van der Waals surface area contributed by atoms with Crippen molar-refractivity contribution in [2.45, 2.75) is 6.61 Å². The Hall–Kier alpha value is -3.16. The highest BCUT2D eigenvalue weighted by Gasteiger charge is 2.17. The molecule has 0 saturated carbocycles. The van der Waals surface area contributed by atoms with E-state index in [1.807, 2.05) is 0 Å². The van der Waals surface area contributed by atoms with Crippen LogP contribution in [0.25, 0.3) is 0 Å². The van der Waals surface area contributed by atoms with E-state index in [2.05, 4.69) is 4.74 Å². The van der Waals surface area contributed by atoms with Gasteiger partial charge in [0.2, 0.25) is 0 Å². The zero-order valence-electron chi connectivity index (χ0n) is 13.4. The summed E-state index contributed by atoms with van der Waals surface area (Å²) >= 11 is 0. The van der Waals surface area contributed by atoms with Gasteiger partial charge in [-0.1, -0.05) is 0 Å². The summed E-state index contributed by atoms with van der Waals surface area (Å²) in [5.74, 6) is -0.251. The maximum absolute atomic E-state index is 12.1. The van der Waals surface area contributed by atoms with E-state index in [9.17, 15) is 18.4 Å². The van der Waals surface area contributed by atoms with Crippen molar-refractivity contribution in [3.05, 3.63) is 53.6 Å². The number of carbonyl (C=O) groups is 2. The predicted octanol–water partition coefficient (Wildman–Crippen LogP) is 3.10. The maximum Gasteiger partial charge on any atom is 0.387 e. The van der Waals surface area contributed by atoms with E-state index in [1.165, 1.54) is 36.4 Å². The Bertz CT molecular complexity index is 804. The molecule has 0 aromatic heterocycles. The fourth-order valence-electron chi connectivity index (χ4n) is 2.29. The molecule has 0 aliphatic carbocycles. The summed E-state index contributed by atoms with van der Waals surface area (Å²) in [7, 11) is 0. The normalized spacial score (nSPS) is 12.6. The third-order valence-corrected chi connectivity index (χ3v) is 3.51. The van der Waals surface area contributed by atoms with Gasteiger partial charge in [0, 0.05) is 5.56 Å². The first kappa shape index (κ1) is 17.7. The van der Waals surface area contributed by atoms with E-state index in [-0.39, 0.29) is 16.9 Å². The second-order valence-corrected chi connectivity index (χ2v) is 5.26. The van der Waals surface area contributed by atoms with Crippen molar-refractivity contribution in [2.75, 3.05) is 19.8 Å². The number of ketones is 1. The number of ether oxygens (including phenoxy) is 4. The largest absolute Gasteiger partial charge is 0.486 e. The van der Waals surface area contributed by atoms with Crippen LogP contribution in [-0.2, 0) is 4.74 Å². The van der Waals surface area contributed by atoms with E-state index in [4.69, 9.17) is 14.2 Å². The number of halogens is 2. The van der Waals surface area contributed by atoms with E-state index < -0.39 is 25.0 Å². The quantitative estimate of drug-likeness (QED) is 0.579. The van der Waals surface area contributed by atoms with Gasteiger partial charge >= 0.3 is 12.6 Å². The molecule has 1 aliphatic heterocycles. The van der Waals surface area contributed by atoms with E-state index in [0.29, 0.717) is 24.7 Å². The molecule has 0 unspecified atom stereocenters. The standard InChI is InChI=1S/C18H14F2O6/c19-18(20)26-13-4-1-11(2-5-13)14(21)10-25-17(22)12-3-6-15-16(9-12)24-8-7-23-15/h1-6,9,18H,7-8,10H2.